The van der Waals surface area contributed by atoms with Crippen LogP contribution in [0.4, 0.5) is 17.1 Å². The maximum atomic E-state index is 12.9. The fourth-order valence-electron chi connectivity index (χ4n) is 4.14. The third-order valence-electron chi connectivity index (χ3n) is 6.04. The summed E-state index contributed by atoms with van der Waals surface area (Å²) in [6, 6.07) is 14.4. The van der Waals surface area contributed by atoms with Crippen LogP contribution >= 0.6 is 0 Å². The van der Waals surface area contributed by atoms with E-state index in [-0.39, 0.29) is 12.5 Å². The summed E-state index contributed by atoms with van der Waals surface area (Å²) in [6.45, 7) is 4.45. The van der Waals surface area contributed by atoms with Crippen LogP contribution in [0.5, 0.6) is 0 Å². The van der Waals surface area contributed by atoms with Crippen LogP contribution in [0.3, 0.4) is 0 Å². The zero-order valence-corrected chi connectivity index (χ0v) is 19.6. The molecule has 0 radical (unpaired) electrons. The second-order valence-corrected chi connectivity index (χ2v) is 10.3. The van der Waals surface area contributed by atoms with Crippen LogP contribution in [-0.2, 0) is 19.6 Å². The van der Waals surface area contributed by atoms with Crippen molar-refractivity contribution in [3.8, 4) is 0 Å². The van der Waals surface area contributed by atoms with Gasteiger partial charge in [-0.15, -0.1) is 0 Å². The number of anilines is 3. The largest absolute Gasteiger partial charge is 0.378 e. The van der Waals surface area contributed by atoms with E-state index in [1.54, 1.807) is 28.6 Å². The van der Waals surface area contributed by atoms with Crippen molar-refractivity contribution in [2.24, 2.45) is 0 Å². The zero-order valence-electron chi connectivity index (χ0n) is 18.8. The van der Waals surface area contributed by atoms with Gasteiger partial charge >= 0.3 is 0 Å². The second-order valence-electron chi connectivity index (χ2n) is 8.39. The molecule has 2 N–H and O–H groups in total. The molecule has 178 valence electrons. The van der Waals surface area contributed by atoms with E-state index in [2.05, 4.69) is 15.5 Å². The van der Waals surface area contributed by atoms with Crippen molar-refractivity contribution in [1.82, 2.24) is 4.31 Å². The normalized spacial score (nSPS) is 17.9. The van der Waals surface area contributed by atoms with Gasteiger partial charge in [0, 0.05) is 43.2 Å². The number of hydrogen-bond donors (Lipinski definition) is 2. The van der Waals surface area contributed by atoms with Gasteiger partial charge in [-0.1, -0.05) is 12.8 Å². The summed E-state index contributed by atoms with van der Waals surface area (Å²) >= 11 is 0. The Morgan fingerprint density at radius 2 is 1.42 bits per heavy atom. The molecule has 0 spiro atoms. The van der Waals surface area contributed by atoms with Gasteiger partial charge < -0.3 is 20.3 Å². The highest BCUT2D eigenvalue weighted by atomic mass is 32.2. The monoisotopic (exact) mass is 472 g/mol. The zero-order chi connectivity index (χ0) is 23.1. The second kappa shape index (κ2) is 11.0. The molecule has 2 fully saturated rings. The van der Waals surface area contributed by atoms with Gasteiger partial charge in [-0.3, -0.25) is 4.79 Å². The van der Waals surface area contributed by atoms with E-state index >= 15 is 0 Å². The van der Waals surface area contributed by atoms with E-state index in [4.69, 9.17) is 4.74 Å². The molecule has 9 heteroatoms. The predicted octanol–water partition coefficient (Wildman–Crippen LogP) is 3.14. The molecule has 0 atom stereocenters. The molecule has 2 aromatic rings. The number of carbonyl (C=O) groups excluding carboxylic acids is 1. The Hall–Kier alpha value is -2.62. The van der Waals surface area contributed by atoms with E-state index in [0.29, 0.717) is 23.7 Å². The Morgan fingerprint density at radius 1 is 0.818 bits per heavy atom. The molecule has 0 aromatic heterocycles. The Kier molecular flexibility index (Phi) is 7.85. The molecule has 4 rings (SSSR count). The minimum Gasteiger partial charge on any atom is -0.378 e. The molecule has 2 saturated heterocycles. The van der Waals surface area contributed by atoms with Crippen LogP contribution < -0.4 is 15.5 Å². The molecule has 0 unspecified atom stereocenters. The van der Waals surface area contributed by atoms with Crippen molar-refractivity contribution in [3.63, 3.8) is 0 Å². The molecule has 0 saturated carbocycles. The number of ether oxygens (including phenoxy) is 1. The number of carbonyl (C=O) groups is 1. The minimum absolute atomic E-state index is 0.0867. The average Bonchev–Trinajstić information content (AvgIpc) is 3.14. The van der Waals surface area contributed by atoms with Crippen LogP contribution in [0.15, 0.2) is 53.4 Å². The Balaban J connectivity index is 1.27. The maximum Gasteiger partial charge on any atom is 0.243 e. The van der Waals surface area contributed by atoms with Gasteiger partial charge in [0.15, 0.2) is 0 Å². The lowest BCUT2D eigenvalue weighted by Gasteiger charge is -2.28. The summed E-state index contributed by atoms with van der Waals surface area (Å²) in [4.78, 5) is 14.9. The summed E-state index contributed by atoms with van der Waals surface area (Å²) in [6.07, 6.45) is 3.97. The van der Waals surface area contributed by atoms with Crippen molar-refractivity contribution < 1.29 is 17.9 Å². The number of nitrogens with zero attached hydrogens (tertiary/aromatic N) is 2. The fraction of sp³-hybridized carbons (Fsp3) is 0.458. The maximum absolute atomic E-state index is 12.9. The van der Waals surface area contributed by atoms with Gasteiger partial charge in [0.25, 0.3) is 0 Å². The molecule has 8 nitrogen and oxygen atoms in total. The molecule has 0 aliphatic carbocycles. The Morgan fingerprint density at radius 3 is 2.06 bits per heavy atom. The number of nitrogens with one attached hydrogen (secondary N) is 2. The Labute approximate surface area is 196 Å². The van der Waals surface area contributed by atoms with Crippen LogP contribution in [0.2, 0.25) is 0 Å². The predicted molar refractivity (Wildman–Crippen MR) is 130 cm³/mol. The van der Waals surface area contributed by atoms with E-state index in [9.17, 15) is 13.2 Å². The van der Waals surface area contributed by atoms with Crippen LogP contribution in [-0.4, -0.2) is 64.6 Å². The molecule has 0 bridgehead atoms. The molecule has 33 heavy (non-hydrogen) atoms. The first-order valence-electron chi connectivity index (χ1n) is 11.6. The first kappa shape index (κ1) is 23.5. The van der Waals surface area contributed by atoms with Crippen molar-refractivity contribution >= 4 is 33.0 Å². The van der Waals surface area contributed by atoms with Crippen molar-refractivity contribution in [1.29, 1.82) is 0 Å². The number of rotatable bonds is 7. The number of hydrogen-bond acceptors (Lipinski definition) is 6. The molecule has 2 aromatic carbocycles. The van der Waals surface area contributed by atoms with Crippen molar-refractivity contribution in [2.75, 3.05) is 61.5 Å². The van der Waals surface area contributed by atoms with Crippen molar-refractivity contribution in [2.45, 2.75) is 30.6 Å². The highest BCUT2D eigenvalue weighted by molar-refractivity contribution is 7.89. The number of amides is 1. The topological polar surface area (TPSA) is 91.0 Å². The summed E-state index contributed by atoms with van der Waals surface area (Å²) < 4.78 is 32.7. The molecule has 1 amide bonds. The van der Waals surface area contributed by atoms with Crippen LogP contribution in [0.1, 0.15) is 25.7 Å². The SMILES string of the molecule is O=C(CNc1ccc(S(=O)(=O)N2CCCCCC2)cc1)Nc1ccc(N2CCOCC2)cc1. The Bertz CT molecular complexity index is 1010. The van der Waals surface area contributed by atoms with Gasteiger partial charge in [-0.05, 0) is 61.4 Å². The van der Waals surface area contributed by atoms with Crippen molar-refractivity contribution in [3.05, 3.63) is 48.5 Å². The third kappa shape index (κ3) is 6.25. The molecular weight excluding hydrogens is 440 g/mol. The van der Waals surface area contributed by atoms with Gasteiger partial charge in [0.05, 0.1) is 24.7 Å². The summed E-state index contributed by atoms with van der Waals surface area (Å²) in [7, 11) is -3.47. The summed E-state index contributed by atoms with van der Waals surface area (Å²) in [5.74, 6) is -0.171. The summed E-state index contributed by atoms with van der Waals surface area (Å²) in [5.41, 5.74) is 2.55. The first-order valence-corrected chi connectivity index (χ1v) is 13.0. The fourth-order valence-corrected chi connectivity index (χ4v) is 5.66. The smallest absolute Gasteiger partial charge is 0.243 e. The quantitative estimate of drug-likeness (QED) is 0.643. The first-order chi connectivity index (χ1) is 16.0. The lowest BCUT2D eigenvalue weighted by Crippen LogP contribution is -2.36. The van der Waals surface area contributed by atoms with E-state index < -0.39 is 10.0 Å². The number of sulfonamides is 1. The third-order valence-corrected chi connectivity index (χ3v) is 7.95. The molecule has 2 aliphatic heterocycles. The average molecular weight is 473 g/mol. The van der Waals surface area contributed by atoms with Gasteiger partial charge in [0.1, 0.15) is 0 Å². The lowest BCUT2D eigenvalue weighted by atomic mass is 10.2. The van der Waals surface area contributed by atoms with E-state index in [0.717, 1.165) is 63.4 Å². The molecule has 2 heterocycles. The number of benzene rings is 2. The standard InChI is InChI=1S/C24H32N4O4S/c29-24(26-21-5-9-22(10-6-21)27-15-17-32-18-16-27)19-25-20-7-11-23(12-8-20)33(30,31)28-13-3-1-2-4-14-28/h5-12,25H,1-4,13-19H2,(H,26,29). The minimum atomic E-state index is -3.47. The van der Waals surface area contributed by atoms with E-state index in [1.165, 1.54) is 0 Å². The molecule has 2 aliphatic rings. The lowest BCUT2D eigenvalue weighted by molar-refractivity contribution is -0.114. The number of morpholine rings is 1. The van der Waals surface area contributed by atoms with Crippen LogP contribution in [0, 0.1) is 0 Å². The van der Waals surface area contributed by atoms with Gasteiger partial charge in [-0.2, -0.15) is 4.31 Å². The highest BCUT2D eigenvalue weighted by Gasteiger charge is 2.24. The molecular formula is C24H32N4O4S. The van der Waals surface area contributed by atoms with Crippen LogP contribution in [0.25, 0.3) is 0 Å². The van der Waals surface area contributed by atoms with E-state index in [1.807, 2.05) is 24.3 Å². The van der Waals surface area contributed by atoms with Gasteiger partial charge in [0.2, 0.25) is 15.9 Å². The highest BCUT2D eigenvalue weighted by Crippen LogP contribution is 2.22. The summed E-state index contributed by atoms with van der Waals surface area (Å²) in [5, 5.41) is 5.93. The van der Waals surface area contributed by atoms with Gasteiger partial charge in [-0.25, -0.2) is 8.42 Å².